The highest BCUT2D eigenvalue weighted by Crippen LogP contribution is 2.36. The number of H-pyrrole nitrogens is 1. The number of aromatic nitrogens is 1. The summed E-state index contributed by atoms with van der Waals surface area (Å²) in [5, 5.41) is 2.04. The maximum atomic E-state index is 13.7. The molecule has 0 radical (unpaired) electrons. The third-order valence-corrected chi connectivity index (χ3v) is 5.17. The lowest BCUT2D eigenvalue weighted by atomic mass is 10.0. The van der Waals surface area contributed by atoms with Gasteiger partial charge in [0.25, 0.3) is 0 Å². The minimum Gasteiger partial charge on any atom is -0.385 e. The van der Waals surface area contributed by atoms with Gasteiger partial charge < -0.3 is 20.8 Å². The molecule has 1 aromatic heterocycles. The molecule has 0 aliphatic rings. The second-order valence-corrected chi connectivity index (χ2v) is 7.79. The maximum absolute atomic E-state index is 13.7. The molecule has 0 aliphatic heterocycles. The van der Waals surface area contributed by atoms with Crippen molar-refractivity contribution >= 4 is 28.7 Å². The number of hydrogen-bond acceptors (Lipinski definition) is 5. The van der Waals surface area contributed by atoms with E-state index in [1.165, 1.54) is 24.3 Å². The Kier molecular flexibility index (Phi) is 7.72. The average molecular weight is 515 g/mol. The number of fused-ring (bicyclic) bond motifs is 1. The molecule has 1 heterocycles. The van der Waals surface area contributed by atoms with Crippen molar-refractivity contribution in [2.75, 3.05) is 0 Å². The summed E-state index contributed by atoms with van der Waals surface area (Å²) >= 11 is 0. The van der Waals surface area contributed by atoms with Crippen LogP contribution in [0.15, 0.2) is 54.6 Å². The molecular formula is C23H19F6N3O4. The van der Waals surface area contributed by atoms with Gasteiger partial charge in [-0.3, -0.25) is 4.79 Å². The summed E-state index contributed by atoms with van der Waals surface area (Å²) in [6, 6.07) is 10.4. The van der Waals surface area contributed by atoms with Crippen molar-refractivity contribution in [1.29, 1.82) is 0 Å². The molecule has 0 fully saturated rings. The van der Waals surface area contributed by atoms with E-state index in [1.54, 1.807) is 30.3 Å². The predicted octanol–water partition coefficient (Wildman–Crippen LogP) is 3.42. The van der Waals surface area contributed by atoms with Crippen LogP contribution < -0.4 is 11.1 Å². The maximum Gasteiger partial charge on any atom is 0.491 e. The zero-order chi connectivity index (χ0) is 26.7. The second-order valence-electron chi connectivity index (χ2n) is 7.79. The number of carbonyl (C=O) groups is 3. The van der Waals surface area contributed by atoms with Gasteiger partial charge in [0.1, 0.15) is 11.7 Å². The van der Waals surface area contributed by atoms with Gasteiger partial charge in [-0.25, -0.2) is 9.59 Å². The van der Waals surface area contributed by atoms with E-state index in [-0.39, 0.29) is 17.3 Å². The van der Waals surface area contributed by atoms with Crippen LogP contribution in [0.2, 0.25) is 0 Å². The Hall–Kier alpha value is -3.87. The van der Waals surface area contributed by atoms with Crippen LogP contribution in [-0.2, 0) is 38.1 Å². The predicted molar refractivity (Wildman–Crippen MR) is 114 cm³/mol. The Labute approximate surface area is 199 Å². The quantitative estimate of drug-likeness (QED) is 0.254. The van der Waals surface area contributed by atoms with Crippen LogP contribution >= 0.6 is 0 Å². The zero-order valence-corrected chi connectivity index (χ0v) is 18.2. The van der Waals surface area contributed by atoms with Crippen LogP contribution in [-0.4, -0.2) is 41.1 Å². The number of carbonyl (C=O) groups excluding carboxylic acids is 3. The molecule has 0 spiro atoms. The van der Waals surface area contributed by atoms with Crippen molar-refractivity contribution in [3.8, 4) is 0 Å². The SMILES string of the molecule is N[C@@H](Cc1ccccc1)C(=O)N[C@@H](Cc1c(C(F)(F)F)[nH]c2ccccc12)C(=O)OC(=O)C(F)(F)F. The van der Waals surface area contributed by atoms with Gasteiger partial charge in [0, 0.05) is 17.3 Å². The minimum absolute atomic E-state index is 0.00704. The van der Waals surface area contributed by atoms with E-state index in [2.05, 4.69) is 9.72 Å². The third kappa shape index (κ3) is 6.42. The average Bonchev–Trinajstić information content (AvgIpc) is 3.17. The highest BCUT2D eigenvalue weighted by atomic mass is 19.4. The van der Waals surface area contributed by atoms with E-state index in [0.717, 1.165) is 0 Å². The number of hydrogen-bond donors (Lipinski definition) is 3. The summed E-state index contributed by atoms with van der Waals surface area (Å²) < 4.78 is 82.7. The molecule has 7 nitrogen and oxygen atoms in total. The minimum atomic E-state index is -5.55. The molecule has 3 rings (SSSR count). The molecule has 1 amide bonds. The molecule has 13 heteroatoms. The van der Waals surface area contributed by atoms with Crippen LogP contribution in [0.4, 0.5) is 26.3 Å². The molecule has 0 saturated carbocycles. The molecule has 0 bridgehead atoms. The lowest BCUT2D eigenvalue weighted by Gasteiger charge is -2.21. The number of aromatic amines is 1. The first-order valence-corrected chi connectivity index (χ1v) is 10.4. The Balaban J connectivity index is 1.93. The van der Waals surface area contributed by atoms with Gasteiger partial charge in [-0.2, -0.15) is 26.3 Å². The number of alkyl halides is 6. The van der Waals surface area contributed by atoms with Gasteiger partial charge in [0.2, 0.25) is 5.91 Å². The Bertz CT molecular complexity index is 1250. The van der Waals surface area contributed by atoms with Crippen LogP contribution in [0.1, 0.15) is 16.8 Å². The zero-order valence-electron chi connectivity index (χ0n) is 18.2. The van der Waals surface area contributed by atoms with Crippen LogP contribution in [0.5, 0.6) is 0 Å². The number of ether oxygens (including phenoxy) is 1. The first-order valence-electron chi connectivity index (χ1n) is 10.4. The van der Waals surface area contributed by atoms with Crippen molar-refractivity contribution < 1.29 is 45.5 Å². The summed E-state index contributed by atoms with van der Waals surface area (Å²) in [5.74, 6) is -5.82. The Morgan fingerprint density at radius 3 is 2.14 bits per heavy atom. The van der Waals surface area contributed by atoms with Crippen LogP contribution in [0, 0.1) is 0 Å². The van der Waals surface area contributed by atoms with Gasteiger partial charge in [0.05, 0.1) is 6.04 Å². The fraction of sp³-hybridized carbons (Fsp3) is 0.261. The highest BCUT2D eigenvalue weighted by molar-refractivity contribution is 5.95. The summed E-state index contributed by atoms with van der Waals surface area (Å²) in [7, 11) is 0. The highest BCUT2D eigenvalue weighted by Gasteiger charge is 2.44. The number of nitrogens with one attached hydrogen (secondary N) is 2. The number of para-hydroxylation sites is 1. The fourth-order valence-corrected chi connectivity index (χ4v) is 3.51. The molecule has 0 unspecified atom stereocenters. The summed E-state index contributed by atoms with van der Waals surface area (Å²) in [5.41, 5.74) is 4.69. The Morgan fingerprint density at radius 2 is 1.53 bits per heavy atom. The van der Waals surface area contributed by atoms with Gasteiger partial charge >= 0.3 is 24.3 Å². The van der Waals surface area contributed by atoms with Gasteiger partial charge in [-0.1, -0.05) is 48.5 Å². The number of halogens is 6. The molecule has 2 aromatic carbocycles. The monoisotopic (exact) mass is 515 g/mol. The molecule has 192 valence electrons. The fourth-order valence-electron chi connectivity index (χ4n) is 3.51. The van der Waals surface area contributed by atoms with E-state index in [9.17, 15) is 40.7 Å². The Morgan fingerprint density at radius 1 is 0.917 bits per heavy atom. The van der Waals surface area contributed by atoms with Crippen molar-refractivity contribution in [3.63, 3.8) is 0 Å². The first-order chi connectivity index (χ1) is 16.8. The van der Waals surface area contributed by atoms with Crippen LogP contribution in [0.25, 0.3) is 10.9 Å². The number of esters is 2. The van der Waals surface area contributed by atoms with Gasteiger partial charge in [0.15, 0.2) is 0 Å². The van der Waals surface area contributed by atoms with E-state index in [4.69, 9.17) is 5.73 Å². The molecular weight excluding hydrogens is 496 g/mol. The van der Waals surface area contributed by atoms with E-state index < -0.39 is 60.0 Å². The molecule has 0 aliphatic carbocycles. The molecule has 2 atom stereocenters. The van der Waals surface area contributed by atoms with Crippen molar-refractivity contribution in [1.82, 2.24) is 10.3 Å². The van der Waals surface area contributed by atoms with E-state index >= 15 is 0 Å². The molecule has 0 saturated heterocycles. The third-order valence-electron chi connectivity index (χ3n) is 5.17. The lowest BCUT2D eigenvalue weighted by Crippen LogP contribution is -2.51. The topological polar surface area (TPSA) is 114 Å². The van der Waals surface area contributed by atoms with Crippen LogP contribution in [0.3, 0.4) is 0 Å². The standard InChI is InChI=1S/C23H19F6N3O4/c24-22(25,26)18-14(13-8-4-5-9-16(13)31-18)11-17(20(34)36-21(35)23(27,28)29)32-19(33)15(30)10-12-6-2-1-3-7-12/h1-9,15,17,31H,10-11,30H2,(H,32,33)/t15-,17-/m0/s1. The van der Waals surface area contributed by atoms with Gasteiger partial charge in [-0.15, -0.1) is 0 Å². The number of amides is 1. The van der Waals surface area contributed by atoms with E-state index in [0.29, 0.717) is 5.56 Å². The van der Waals surface area contributed by atoms with Crippen molar-refractivity contribution in [2.45, 2.75) is 37.3 Å². The molecule has 4 N–H and O–H groups in total. The number of rotatable bonds is 7. The number of benzene rings is 2. The number of nitrogens with two attached hydrogens (primary N) is 1. The van der Waals surface area contributed by atoms with Crippen molar-refractivity contribution in [2.24, 2.45) is 5.73 Å². The molecule has 3 aromatic rings. The van der Waals surface area contributed by atoms with Crippen molar-refractivity contribution in [3.05, 3.63) is 71.4 Å². The normalized spacial score (nSPS) is 13.8. The summed E-state index contributed by atoms with van der Waals surface area (Å²) in [6.07, 6.45) is -11.5. The lowest BCUT2D eigenvalue weighted by molar-refractivity contribution is -0.202. The smallest absolute Gasteiger partial charge is 0.385 e. The molecule has 36 heavy (non-hydrogen) atoms. The summed E-state index contributed by atoms with van der Waals surface area (Å²) in [4.78, 5) is 38.4. The second kappa shape index (κ2) is 10.4. The summed E-state index contributed by atoms with van der Waals surface area (Å²) in [6.45, 7) is 0. The first kappa shape index (κ1) is 26.7. The van der Waals surface area contributed by atoms with E-state index in [1.807, 2.05) is 5.32 Å². The largest absolute Gasteiger partial charge is 0.491 e. The van der Waals surface area contributed by atoms with Gasteiger partial charge in [-0.05, 0) is 23.6 Å².